The Labute approximate surface area is 290 Å². The van der Waals surface area contributed by atoms with Crippen LogP contribution in [0, 0.1) is 58.2 Å². The first-order chi connectivity index (χ1) is 25.4. The first kappa shape index (κ1) is 33.6. The predicted molar refractivity (Wildman–Crippen MR) is 181 cm³/mol. The highest BCUT2D eigenvalue weighted by molar-refractivity contribution is 6.00. The minimum atomic E-state index is -2.36. The maximum absolute atomic E-state index is 15.5. The zero-order valence-electron chi connectivity index (χ0n) is 26.4. The molecule has 0 saturated carbocycles. The molecule has 3 N–H and O–H groups in total. The highest BCUT2D eigenvalue weighted by Gasteiger charge is 2.31. The summed E-state index contributed by atoms with van der Waals surface area (Å²) in [4.78, 5) is 13.3. The third-order valence-electron chi connectivity index (χ3n) is 8.91. The Morgan fingerprint density at radius 2 is 0.811 bits per heavy atom. The highest BCUT2D eigenvalue weighted by atomic mass is 19.2. The number of halogens is 10. The van der Waals surface area contributed by atoms with Gasteiger partial charge in [-0.1, -0.05) is 30.9 Å². The number of hydrogen-bond donors (Lipinski definition) is 3. The normalized spacial score (nSPS) is 12.0. The molecule has 0 spiro atoms. The van der Waals surface area contributed by atoms with Crippen LogP contribution in [0.4, 0.5) is 43.9 Å². The molecule has 0 amide bonds. The Morgan fingerprint density at radius 1 is 0.415 bits per heavy atom. The van der Waals surface area contributed by atoms with E-state index in [1.165, 1.54) is 48.6 Å². The van der Waals surface area contributed by atoms with Gasteiger partial charge in [0.15, 0.2) is 46.5 Å². The van der Waals surface area contributed by atoms with E-state index in [-0.39, 0.29) is 44.5 Å². The maximum atomic E-state index is 15.5. The minimum absolute atomic E-state index is 0.0201. The van der Waals surface area contributed by atoms with Crippen molar-refractivity contribution in [3.05, 3.63) is 142 Å². The second kappa shape index (κ2) is 12.3. The first-order valence-corrected chi connectivity index (χ1v) is 15.5. The van der Waals surface area contributed by atoms with Crippen LogP contribution in [-0.4, -0.2) is 19.9 Å². The van der Waals surface area contributed by atoms with Gasteiger partial charge in [-0.2, -0.15) is 0 Å². The van der Waals surface area contributed by atoms with Crippen LogP contribution in [-0.2, 0) is 0 Å². The summed E-state index contributed by atoms with van der Waals surface area (Å²) in [6.07, 6.45) is 4.12. The second-order valence-electron chi connectivity index (χ2n) is 11.9. The lowest BCUT2D eigenvalue weighted by Gasteiger charge is -2.10. The summed E-state index contributed by atoms with van der Waals surface area (Å²) in [5, 5.41) is 0. The maximum Gasteiger partial charge on any atom is 0.200 e. The molecule has 14 heteroatoms. The fourth-order valence-corrected chi connectivity index (χ4v) is 6.46. The lowest BCUT2D eigenvalue weighted by atomic mass is 10.0. The summed E-state index contributed by atoms with van der Waals surface area (Å²) >= 11 is 0. The van der Waals surface area contributed by atoms with Gasteiger partial charge in [0.25, 0.3) is 0 Å². The van der Waals surface area contributed by atoms with E-state index >= 15 is 17.6 Å². The summed E-state index contributed by atoms with van der Waals surface area (Å²) in [6, 6.07) is 15.0. The molecule has 1 aliphatic rings. The molecule has 7 aromatic rings. The average Bonchev–Trinajstić information content (AvgIpc) is 4.00. The SMILES string of the molecule is C=Cc1cccc(-c2c3ccc([nH]3)c(-c3c(F)c(F)c(F)c(F)c3F)c3nc(c4ccc([nH]4)c(-c4c(F)c(F)c(F)c(F)c4F)c4ccc2[nH]4)C=C3)c1. The van der Waals surface area contributed by atoms with E-state index in [0.29, 0.717) is 16.7 Å². The van der Waals surface area contributed by atoms with Gasteiger partial charge in [-0.05, 0) is 65.7 Å². The van der Waals surface area contributed by atoms with Crippen LogP contribution >= 0.6 is 0 Å². The Morgan fingerprint density at radius 3 is 1.32 bits per heavy atom. The van der Waals surface area contributed by atoms with Crippen molar-refractivity contribution in [1.82, 2.24) is 19.9 Å². The zero-order chi connectivity index (χ0) is 37.5. The van der Waals surface area contributed by atoms with Gasteiger partial charge in [0.05, 0.1) is 28.0 Å². The smallest absolute Gasteiger partial charge is 0.200 e. The van der Waals surface area contributed by atoms with Gasteiger partial charge in [0.1, 0.15) is 0 Å². The van der Waals surface area contributed by atoms with Crippen molar-refractivity contribution < 1.29 is 43.9 Å². The van der Waals surface area contributed by atoms with Gasteiger partial charge < -0.3 is 15.0 Å². The molecular weight excluding hydrogens is 714 g/mol. The summed E-state index contributed by atoms with van der Waals surface area (Å²) in [7, 11) is 0. The summed E-state index contributed by atoms with van der Waals surface area (Å²) in [6.45, 7) is 3.77. The number of H-pyrrole nitrogens is 3. The number of aromatic nitrogens is 4. The lowest BCUT2D eigenvalue weighted by molar-refractivity contribution is 0.381. The van der Waals surface area contributed by atoms with E-state index in [1.54, 1.807) is 30.3 Å². The molecule has 0 fully saturated rings. The molecule has 264 valence electrons. The number of fused-ring (bicyclic) bond motifs is 9. The summed E-state index contributed by atoms with van der Waals surface area (Å²) in [5.74, 6) is -21.9. The molecule has 8 bridgehead atoms. The number of nitrogens with one attached hydrogen (secondary N) is 3. The molecule has 0 unspecified atom stereocenters. The zero-order valence-corrected chi connectivity index (χ0v) is 26.4. The van der Waals surface area contributed by atoms with E-state index in [1.807, 2.05) is 0 Å². The fraction of sp³-hybridized carbons (Fsp3) is 0. The molecule has 0 atom stereocenters. The van der Waals surface area contributed by atoms with Gasteiger partial charge in [-0.25, -0.2) is 48.9 Å². The van der Waals surface area contributed by atoms with Crippen molar-refractivity contribution in [2.75, 3.05) is 0 Å². The Balaban J connectivity index is 1.61. The van der Waals surface area contributed by atoms with Crippen molar-refractivity contribution in [2.45, 2.75) is 0 Å². The van der Waals surface area contributed by atoms with Crippen LogP contribution in [0.25, 0.3) is 84.7 Å². The van der Waals surface area contributed by atoms with Crippen LogP contribution in [0.2, 0.25) is 0 Å². The number of aromatic amines is 3. The van der Waals surface area contributed by atoms with E-state index < -0.39 is 80.4 Å². The average molecular weight is 733 g/mol. The molecule has 53 heavy (non-hydrogen) atoms. The van der Waals surface area contributed by atoms with Gasteiger partial charge in [0.2, 0.25) is 11.6 Å². The molecule has 3 aromatic carbocycles. The molecule has 1 aliphatic heterocycles. The molecule has 4 nitrogen and oxygen atoms in total. The first-order valence-electron chi connectivity index (χ1n) is 15.5. The van der Waals surface area contributed by atoms with Crippen molar-refractivity contribution in [2.24, 2.45) is 0 Å². The van der Waals surface area contributed by atoms with Gasteiger partial charge >= 0.3 is 0 Å². The fourth-order valence-electron chi connectivity index (χ4n) is 6.46. The van der Waals surface area contributed by atoms with E-state index in [9.17, 15) is 26.3 Å². The highest BCUT2D eigenvalue weighted by Crippen LogP contribution is 2.40. The van der Waals surface area contributed by atoms with Gasteiger partial charge in [-0.15, -0.1) is 0 Å². The molecule has 0 radical (unpaired) electrons. The van der Waals surface area contributed by atoms with Crippen molar-refractivity contribution in [3.8, 4) is 33.4 Å². The van der Waals surface area contributed by atoms with Crippen molar-refractivity contribution in [1.29, 1.82) is 0 Å². The Bertz CT molecular complexity index is 2820. The lowest BCUT2D eigenvalue weighted by Crippen LogP contribution is -2.05. The van der Waals surface area contributed by atoms with Crippen LogP contribution < -0.4 is 0 Å². The molecule has 0 aliphatic carbocycles. The summed E-state index contributed by atoms with van der Waals surface area (Å²) in [5.41, 5.74) is -2.14. The van der Waals surface area contributed by atoms with E-state index in [0.717, 1.165) is 0 Å². The second-order valence-corrected chi connectivity index (χ2v) is 11.9. The van der Waals surface area contributed by atoms with E-state index in [2.05, 4.69) is 26.5 Å². The van der Waals surface area contributed by atoms with Crippen LogP contribution in [0.15, 0.2) is 67.2 Å². The number of nitrogens with zero attached hydrogens (tertiary/aromatic N) is 1. The van der Waals surface area contributed by atoms with Crippen molar-refractivity contribution >= 4 is 51.3 Å². The van der Waals surface area contributed by atoms with Crippen molar-refractivity contribution in [3.63, 3.8) is 0 Å². The Kier molecular flexibility index (Phi) is 7.78. The van der Waals surface area contributed by atoms with E-state index in [4.69, 9.17) is 0 Å². The van der Waals surface area contributed by atoms with Gasteiger partial charge in [0, 0.05) is 44.3 Å². The van der Waals surface area contributed by atoms with Gasteiger partial charge in [-0.3, -0.25) is 0 Å². The predicted octanol–water partition coefficient (Wildman–Crippen LogP) is 11.7. The quantitative estimate of drug-likeness (QED) is 0.0942. The number of hydrogen-bond acceptors (Lipinski definition) is 1. The minimum Gasteiger partial charge on any atom is -0.354 e. The molecule has 0 saturated heterocycles. The molecule has 8 rings (SSSR count). The molecular formula is C39H18F10N4. The van der Waals surface area contributed by atoms with Crippen LogP contribution in [0.5, 0.6) is 0 Å². The number of rotatable bonds is 4. The topological polar surface area (TPSA) is 60.3 Å². The largest absolute Gasteiger partial charge is 0.354 e. The molecule has 4 aromatic heterocycles. The van der Waals surface area contributed by atoms with Crippen LogP contribution in [0.1, 0.15) is 17.0 Å². The third kappa shape index (κ3) is 5.12. The summed E-state index contributed by atoms with van der Waals surface area (Å²) < 4.78 is 149. The molecule has 5 heterocycles. The third-order valence-corrected chi connectivity index (χ3v) is 8.91. The van der Waals surface area contributed by atoms with Crippen LogP contribution in [0.3, 0.4) is 0 Å². The standard InChI is InChI=1S/C39H18F10N4/c1-2-15-4-3-5-16(14-15)25-19-10-12-23(52-19)26(28-30(40)34(44)38(48)35(45)31(28)41)21-8-6-17(50-21)18-7-9-22(51-18)27(24-13-11-20(25)53-24)29-32(42)36(46)39(49)37(47)33(29)43/h2-14,50,52-53H,1H2. The Hall–Kier alpha value is -6.57. The monoisotopic (exact) mass is 732 g/mol. The number of benzene rings is 3.